The van der Waals surface area contributed by atoms with Gasteiger partial charge in [0, 0.05) is 38.5 Å². The summed E-state index contributed by atoms with van der Waals surface area (Å²) in [6.07, 6.45) is -8.62. The van der Waals surface area contributed by atoms with Crippen LogP contribution in [0.3, 0.4) is 0 Å². The quantitative estimate of drug-likeness (QED) is 0.399. The van der Waals surface area contributed by atoms with E-state index in [1.54, 1.807) is 6.92 Å². The van der Waals surface area contributed by atoms with Crippen LogP contribution in [0, 0.1) is 18.7 Å². The molecule has 4 rings (SSSR count). The molecule has 2 amide bonds. The van der Waals surface area contributed by atoms with Crippen molar-refractivity contribution in [2.75, 3.05) is 20.1 Å². The Morgan fingerprint density at radius 1 is 1.02 bits per heavy atom. The summed E-state index contributed by atoms with van der Waals surface area (Å²) in [6, 6.07) is 5.20. The van der Waals surface area contributed by atoms with Crippen LogP contribution in [0.1, 0.15) is 40.2 Å². The molecule has 8 nitrogen and oxygen atoms in total. The van der Waals surface area contributed by atoms with E-state index in [9.17, 15) is 40.3 Å². The van der Waals surface area contributed by atoms with Crippen LogP contribution in [0.5, 0.6) is 0 Å². The number of halogens is 7. The second kappa shape index (κ2) is 11.4. The third-order valence-electron chi connectivity index (χ3n) is 7.05. The molecule has 1 saturated heterocycles. The topological polar surface area (TPSA) is 84.2 Å². The molecule has 2 heterocycles. The molecule has 15 heteroatoms. The van der Waals surface area contributed by atoms with Gasteiger partial charge in [0.25, 0.3) is 0 Å². The zero-order valence-corrected chi connectivity index (χ0v) is 21.9. The Hall–Kier alpha value is -4.04. The average molecular weight is 587 g/mol. The molecule has 0 aliphatic carbocycles. The van der Waals surface area contributed by atoms with Gasteiger partial charge in [-0.2, -0.15) is 26.3 Å². The first-order chi connectivity index (χ1) is 19.1. The third kappa shape index (κ3) is 7.00. The second-order valence-electron chi connectivity index (χ2n) is 9.96. The van der Waals surface area contributed by atoms with Crippen molar-refractivity contribution in [3.8, 4) is 0 Å². The Morgan fingerprint density at radius 2 is 1.68 bits per heavy atom. The molecule has 1 fully saturated rings. The number of amides is 2. The van der Waals surface area contributed by atoms with Crippen LogP contribution in [-0.2, 0) is 35.0 Å². The van der Waals surface area contributed by atoms with Gasteiger partial charge < -0.3 is 9.80 Å². The van der Waals surface area contributed by atoms with Gasteiger partial charge in [0.1, 0.15) is 18.7 Å². The smallest absolute Gasteiger partial charge is 0.341 e. The van der Waals surface area contributed by atoms with Gasteiger partial charge in [-0.25, -0.2) is 9.07 Å². The monoisotopic (exact) mass is 586 g/mol. The summed E-state index contributed by atoms with van der Waals surface area (Å²) in [6.45, 7) is 1.20. The minimum atomic E-state index is -5.02. The number of hydrogen-bond acceptors (Lipinski definition) is 5. The zero-order chi connectivity index (χ0) is 30.1. The second-order valence-corrected chi connectivity index (χ2v) is 9.96. The van der Waals surface area contributed by atoms with Crippen molar-refractivity contribution in [3.63, 3.8) is 0 Å². The van der Waals surface area contributed by atoms with Crippen LogP contribution in [0.4, 0.5) is 30.7 Å². The molecule has 0 saturated carbocycles. The van der Waals surface area contributed by atoms with E-state index in [0.29, 0.717) is 23.3 Å². The summed E-state index contributed by atoms with van der Waals surface area (Å²) in [5, 5.41) is 10.6. The third-order valence-corrected chi connectivity index (χ3v) is 7.05. The summed E-state index contributed by atoms with van der Waals surface area (Å²) in [5.74, 6) is -2.76. The Labute approximate surface area is 229 Å². The van der Waals surface area contributed by atoms with E-state index < -0.39 is 53.6 Å². The van der Waals surface area contributed by atoms with E-state index in [2.05, 4.69) is 15.5 Å². The lowest BCUT2D eigenvalue weighted by atomic mass is 9.78. The predicted octanol–water partition coefficient (Wildman–Crippen LogP) is 4.45. The largest absolute Gasteiger partial charge is 0.416 e. The van der Waals surface area contributed by atoms with Gasteiger partial charge in [0.05, 0.1) is 11.1 Å². The Balaban J connectivity index is 1.60. The van der Waals surface area contributed by atoms with Gasteiger partial charge in [0.2, 0.25) is 11.8 Å². The van der Waals surface area contributed by atoms with Crippen molar-refractivity contribution in [2.45, 2.75) is 44.7 Å². The Kier molecular flexibility index (Phi) is 8.36. The molecule has 2 unspecified atom stereocenters. The van der Waals surface area contributed by atoms with E-state index in [1.165, 1.54) is 41.2 Å². The minimum absolute atomic E-state index is 0.0285. The number of nitrogens with zero attached hydrogens (tertiary/aromatic N) is 6. The number of alkyl halides is 6. The van der Waals surface area contributed by atoms with E-state index in [4.69, 9.17) is 0 Å². The van der Waals surface area contributed by atoms with Gasteiger partial charge in [-0.05, 0) is 70.8 Å². The van der Waals surface area contributed by atoms with Crippen LogP contribution >= 0.6 is 0 Å². The van der Waals surface area contributed by atoms with Crippen molar-refractivity contribution < 1.29 is 40.3 Å². The van der Waals surface area contributed by atoms with E-state index in [0.717, 1.165) is 4.90 Å². The fourth-order valence-electron chi connectivity index (χ4n) is 5.08. The maximum atomic E-state index is 13.9. The lowest BCUT2D eigenvalue weighted by Crippen LogP contribution is -2.48. The van der Waals surface area contributed by atoms with Crippen LogP contribution < -0.4 is 0 Å². The zero-order valence-electron chi connectivity index (χ0n) is 21.9. The molecule has 0 N–H and O–H groups in total. The van der Waals surface area contributed by atoms with Crippen LogP contribution in [0.2, 0.25) is 0 Å². The first-order valence-electron chi connectivity index (χ1n) is 12.4. The van der Waals surface area contributed by atoms with Crippen molar-refractivity contribution in [3.05, 3.63) is 76.4 Å². The summed E-state index contributed by atoms with van der Waals surface area (Å²) in [4.78, 5) is 29.2. The standard InChI is InChI=1S/C26H25F7N6O2/c1-15-7-19(27)3-4-20(15)22-12-38(23(40)13-39-14-34-35-36-39)6-5-21(22)24(41)37(2)11-16-8-17(25(28,29)30)10-18(9-16)26(31,32)33/h3-4,7-10,14,21-22H,5-6,11-13H2,1-2H3. The highest BCUT2D eigenvalue weighted by Gasteiger charge is 2.40. The number of hydrogen-bond donors (Lipinski definition) is 0. The highest BCUT2D eigenvalue weighted by atomic mass is 19.4. The van der Waals surface area contributed by atoms with Gasteiger partial charge in [-0.1, -0.05) is 6.07 Å². The van der Waals surface area contributed by atoms with Crippen LogP contribution in [0.15, 0.2) is 42.7 Å². The van der Waals surface area contributed by atoms with Crippen LogP contribution in [-0.4, -0.2) is 62.0 Å². The molecule has 2 aromatic carbocycles. The fraction of sp³-hybridized carbons (Fsp3) is 0.423. The number of rotatable bonds is 6. The highest BCUT2D eigenvalue weighted by Crippen LogP contribution is 2.38. The molecule has 1 aliphatic rings. The van der Waals surface area contributed by atoms with Crippen molar-refractivity contribution in [1.82, 2.24) is 30.0 Å². The summed E-state index contributed by atoms with van der Waals surface area (Å²) in [5.41, 5.74) is -2.17. The molecule has 1 aliphatic heterocycles. The maximum absolute atomic E-state index is 13.9. The van der Waals surface area contributed by atoms with Crippen molar-refractivity contribution in [2.24, 2.45) is 5.92 Å². The number of tetrazole rings is 1. The number of carbonyl (C=O) groups excluding carboxylic acids is 2. The summed E-state index contributed by atoms with van der Waals surface area (Å²) in [7, 11) is 1.29. The lowest BCUT2D eigenvalue weighted by molar-refractivity contribution is -0.143. The number of likely N-dealkylation sites (tertiary alicyclic amines) is 1. The van der Waals surface area contributed by atoms with Gasteiger partial charge in [-0.3, -0.25) is 9.59 Å². The fourth-order valence-corrected chi connectivity index (χ4v) is 5.08. The first kappa shape index (κ1) is 29.9. The number of piperidine rings is 1. The summed E-state index contributed by atoms with van der Waals surface area (Å²) < 4.78 is 95.1. The van der Waals surface area contributed by atoms with E-state index in [-0.39, 0.29) is 43.6 Å². The summed E-state index contributed by atoms with van der Waals surface area (Å²) >= 11 is 0. The van der Waals surface area contributed by atoms with Crippen molar-refractivity contribution >= 4 is 11.8 Å². The average Bonchev–Trinajstić information content (AvgIpc) is 3.40. The molecule has 2 atom stereocenters. The Bertz CT molecular complexity index is 1380. The normalized spacial score (nSPS) is 17.9. The molecule has 1 aromatic heterocycles. The number of aryl methyl sites for hydroxylation is 1. The Morgan fingerprint density at radius 3 is 2.24 bits per heavy atom. The molecule has 3 aromatic rings. The SMILES string of the molecule is Cc1cc(F)ccc1C1CN(C(=O)Cn2cnnn2)CCC1C(=O)N(C)Cc1cc(C(F)(F)F)cc(C(F)(F)F)c1. The molecular weight excluding hydrogens is 561 g/mol. The maximum Gasteiger partial charge on any atom is 0.416 e. The van der Waals surface area contributed by atoms with Crippen LogP contribution in [0.25, 0.3) is 0 Å². The minimum Gasteiger partial charge on any atom is -0.341 e. The van der Waals surface area contributed by atoms with Gasteiger partial charge in [0.15, 0.2) is 0 Å². The lowest BCUT2D eigenvalue weighted by Gasteiger charge is -2.40. The van der Waals surface area contributed by atoms with E-state index >= 15 is 0 Å². The number of aromatic nitrogens is 4. The molecule has 0 bridgehead atoms. The molecule has 41 heavy (non-hydrogen) atoms. The first-order valence-corrected chi connectivity index (χ1v) is 12.4. The molecule has 220 valence electrons. The van der Waals surface area contributed by atoms with E-state index in [1.807, 2.05) is 0 Å². The van der Waals surface area contributed by atoms with Gasteiger partial charge in [-0.15, -0.1) is 5.10 Å². The highest BCUT2D eigenvalue weighted by molar-refractivity contribution is 5.81. The molecule has 0 radical (unpaired) electrons. The number of benzene rings is 2. The number of carbonyl (C=O) groups is 2. The molecule has 0 spiro atoms. The predicted molar refractivity (Wildman–Crippen MR) is 129 cm³/mol. The molecular formula is C26H25F7N6O2. The van der Waals surface area contributed by atoms with Crippen molar-refractivity contribution in [1.29, 1.82) is 0 Å². The van der Waals surface area contributed by atoms with Gasteiger partial charge >= 0.3 is 12.4 Å².